The molecule has 2 heterocycles. The fourth-order valence-corrected chi connectivity index (χ4v) is 4.25. The zero-order valence-corrected chi connectivity index (χ0v) is 16.3. The van der Waals surface area contributed by atoms with Crippen LogP contribution in [0, 0.1) is 23.1 Å². The average molecular weight is 408 g/mol. The van der Waals surface area contributed by atoms with Crippen molar-refractivity contribution in [1.29, 1.82) is 5.26 Å². The van der Waals surface area contributed by atoms with Crippen molar-refractivity contribution in [2.24, 2.45) is 5.92 Å². The maximum Gasteiger partial charge on any atom is 0.410 e. The summed E-state index contributed by atoms with van der Waals surface area (Å²) in [5.74, 6) is -1.18. The quantitative estimate of drug-likeness (QED) is 0.721. The molecule has 4 rings (SSSR count). The summed E-state index contributed by atoms with van der Waals surface area (Å²) in [4.78, 5) is 27.4. The number of ketones is 1. The van der Waals surface area contributed by atoms with Crippen LogP contribution in [0.2, 0.25) is 0 Å². The molecule has 0 aliphatic carbocycles. The molecule has 2 atom stereocenters. The van der Waals surface area contributed by atoms with Gasteiger partial charge in [0, 0.05) is 11.5 Å². The second-order valence-corrected chi connectivity index (χ2v) is 7.67. The first kappa shape index (κ1) is 20.0. The van der Waals surface area contributed by atoms with E-state index in [1.807, 2.05) is 36.4 Å². The fraction of sp³-hybridized carbons (Fsp3) is 0.348. The van der Waals surface area contributed by atoms with E-state index in [1.54, 1.807) is 4.90 Å². The molecule has 1 amide bonds. The number of halogens is 1. The summed E-state index contributed by atoms with van der Waals surface area (Å²) >= 11 is 0. The van der Waals surface area contributed by atoms with Crippen molar-refractivity contribution in [1.82, 2.24) is 4.90 Å². The summed E-state index contributed by atoms with van der Waals surface area (Å²) in [5.41, 5.74) is 1.20. The number of nitriles is 1. The van der Waals surface area contributed by atoms with E-state index in [4.69, 9.17) is 14.7 Å². The normalized spacial score (nSPS) is 22.8. The molecule has 2 unspecified atom stereocenters. The van der Waals surface area contributed by atoms with Crippen LogP contribution in [0.3, 0.4) is 0 Å². The first-order chi connectivity index (χ1) is 14.5. The van der Waals surface area contributed by atoms with E-state index in [0.717, 1.165) is 17.7 Å². The maximum atomic E-state index is 13.8. The zero-order valence-electron chi connectivity index (χ0n) is 16.3. The number of piperidine rings is 1. The summed E-state index contributed by atoms with van der Waals surface area (Å²) in [6.45, 7) is 0.833. The summed E-state index contributed by atoms with van der Waals surface area (Å²) < 4.78 is 24.9. The maximum absolute atomic E-state index is 13.8. The average Bonchev–Trinajstić information content (AvgIpc) is 2.76. The van der Waals surface area contributed by atoms with Gasteiger partial charge in [0.1, 0.15) is 12.4 Å². The number of Topliss-reactive ketones (excluding diaryl/α,β-unsaturated/α-hetero) is 1. The van der Waals surface area contributed by atoms with Gasteiger partial charge < -0.3 is 9.47 Å². The fourth-order valence-electron chi connectivity index (χ4n) is 4.25. The number of nitrogens with zero attached hydrogens (tertiary/aromatic N) is 2. The van der Waals surface area contributed by atoms with Crippen molar-refractivity contribution in [3.8, 4) is 6.07 Å². The molecule has 2 bridgehead atoms. The Labute approximate surface area is 173 Å². The van der Waals surface area contributed by atoms with E-state index in [0.29, 0.717) is 26.1 Å². The molecule has 0 N–H and O–H groups in total. The first-order valence-electron chi connectivity index (χ1n) is 9.87. The Bertz CT molecular complexity index is 974. The predicted octanol–water partition coefficient (Wildman–Crippen LogP) is 3.70. The van der Waals surface area contributed by atoms with Gasteiger partial charge in [0.05, 0.1) is 36.9 Å². The molecule has 0 aromatic heterocycles. The Balaban J connectivity index is 1.45. The molecule has 2 aromatic carbocycles. The minimum atomic E-state index is -0.608. The number of morpholine rings is 1. The van der Waals surface area contributed by atoms with Gasteiger partial charge in [0.25, 0.3) is 0 Å². The molecule has 2 aliphatic rings. The minimum Gasteiger partial charge on any atom is -0.445 e. The van der Waals surface area contributed by atoms with Crippen molar-refractivity contribution < 1.29 is 23.5 Å². The van der Waals surface area contributed by atoms with Crippen LogP contribution in [-0.4, -0.2) is 42.1 Å². The Morgan fingerprint density at radius 1 is 1.13 bits per heavy atom. The highest BCUT2D eigenvalue weighted by atomic mass is 19.1. The Morgan fingerprint density at radius 2 is 1.83 bits per heavy atom. The molecule has 2 aliphatic heterocycles. The smallest absolute Gasteiger partial charge is 0.410 e. The molecular weight excluding hydrogens is 387 g/mol. The number of hydrogen-bond donors (Lipinski definition) is 0. The van der Waals surface area contributed by atoms with Crippen LogP contribution in [0.25, 0.3) is 0 Å². The number of hydrogen-bond acceptors (Lipinski definition) is 5. The first-order valence-corrected chi connectivity index (χ1v) is 9.87. The SMILES string of the molecule is N#Cc1cc(F)cc(C(=O)C2CC3COCC(C2)N3C(=O)OCc2ccccc2)c1. The topological polar surface area (TPSA) is 79.6 Å². The molecule has 30 heavy (non-hydrogen) atoms. The third-order valence-electron chi connectivity index (χ3n) is 5.62. The van der Waals surface area contributed by atoms with E-state index in [1.165, 1.54) is 6.07 Å². The van der Waals surface area contributed by atoms with E-state index >= 15 is 0 Å². The molecule has 0 radical (unpaired) electrons. The van der Waals surface area contributed by atoms with Gasteiger partial charge in [0.15, 0.2) is 5.78 Å². The molecular formula is C23H21FN2O4. The lowest BCUT2D eigenvalue weighted by atomic mass is 9.80. The highest BCUT2D eigenvalue weighted by molar-refractivity contribution is 5.98. The number of amides is 1. The van der Waals surface area contributed by atoms with Crippen molar-refractivity contribution in [2.45, 2.75) is 31.5 Å². The van der Waals surface area contributed by atoms with Crippen LogP contribution in [0.4, 0.5) is 9.18 Å². The van der Waals surface area contributed by atoms with Gasteiger partial charge in [-0.25, -0.2) is 9.18 Å². The molecule has 154 valence electrons. The van der Waals surface area contributed by atoms with Gasteiger partial charge >= 0.3 is 6.09 Å². The van der Waals surface area contributed by atoms with Crippen LogP contribution >= 0.6 is 0 Å². The predicted molar refractivity (Wildman–Crippen MR) is 105 cm³/mol. The Kier molecular flexibility index (Phi) is 5.77. The molecule has 2 saturated heterocycles. The largest absolute Gasteiger partial charge is 0.445 e. The number of rotatable bonds is 4. The molecule has 7 heteroatoms. The van der Waals surface area contributed by atoms with Crippen molar-refractivity contribution in [2.75, 3.05) is 13.2 Å². The zero-order chi connectivity index (χ0) is 21.1. The Hall–Kier alpha value is -3.24. The second kappa shape index (κ2) is 8.64. The lowest BCUT2D eigenvalue weighted by molar-refractivity contribution is -0.0755. The summed E-state index contributed by atoms with van der Waals surface area (Å²) in [6.07, 6.45) is 0.406. The van der Waals surface area contributed by atoms with Gasteiger partial charge in [-0.3, -0.25) is 9.69 Å². The van der Waals surface area contributed by atoms with Gasteiger partial charge in [-0.05, 0) is 36.6 Å². The third-order valence-corrected chi connectivity index (χ3v) is 5.62. The number of carbonyl (C=O) groups is 2. The van der Waals surface area contributed by atoms with Crippen molar-refractivity contribution in [3.05, 3.63) is 71.0 Å². The highest BCUT2D eigenvalue weighted by Gasteiger charge is 2.44. The molecule has 0 spiro atoms. The minimum absolute atomic E-state index is 0.115. The number of benzene rings is 2. The van der Waals surface area contributed by atoms with Crippen molar-refractivity contribution in [3.63, 3.8) is 0 Å². The van der Waals surface area contributed by atoms with Gasteiger partial charge in [-0.15, -0.1) is 0 Å². The third kappa shape index (κ3) is 4.19. The van der Waals surface area contributed by atoms with Crippen LogP contribution in [0.5, 0.6) is 0 Å². The van der Waals surface area contributed by atoms with Gasteiger partial charge in [-0.1, -0.05) is 30.3 Å². The summed E-state index contributed by atoms with van der Waals surface area (Å²) in [6, 6.07) is 14.4. The van der Waals surface area contributed by atoms with Crippen molar-refractivity contribution >= 4 is 11.9 Å². The van der Waals surface area contributed by atoms with E-state index in [2.05, 4.69) is 0 Å². The lowest BCUT2D eigenvalue weighted by Gasteiger charge is -2.47. The molecule has 6 nitrogen and oxygen atoms in total. The van der Waals surface area contributed by atoms with Crippen LogP contribution < -0.4 is 0 Å². The molecule has 2 fully saturated rings. The van der Waals surface area contributed by atoms with Gasteiger partial charge in [-0.2, -0.15) is 5.26 Å². The lowest BCUT2D eigenvalue weighted by Crippen LogP contribution is -2.59. The second-order valence-electron chi connectivity index (χ2n) is 7.67. The molecule has 0 saturated carbocycles. The van der Waals surface area contributed by atoms with Gasteiger partial charge in [0.2, 0.25) is 0 Å². The van der Waals surface area contributed by atoms with Crippen LogP contribution in [0.15, 0.2) is 48.5 Å². The monoisotopic (exact) mass is 408 g/mol. The van der Waals surface area contributed by atoms with Crippen LogP contribution in [-0.2, 0) is 16.1 Å². The number of carbonyl (C=O) groups excluding carboxylic acids is 2. The molecule has 2 aromatic rings. The number of fused-ring (bicyclic) bond motifs is 2. The number of ether oxygens (including phenoxy) is 2. The van der Waals surface area contributed by atoms with E-state index in [9.17, 15) is 14.0 Å². The highest BCUT2D eigenvalue weighted by Crippen LogP contribution is 2.34. The standard InChI is InChI=1S/C23H21FN2O4/c24-19-7-16(11-25)6-17(8-19)22(27)18-9-20-13-29-14-21(10-18)26(20)23(28)30-12-15-4-2-1-3-5-15/h1-8,18,20-21H,9-10,12-14H2. The summed E-state index contributed by atoms with van der Waals surface area (Å²) in [5, 5.41) is 9.04. The van der Waals surface area contributed by atoms with E-state index < -0.39 is 11.9 Å². The Morgan fingerprint density at radius 3 is 2.50 bits per heavy atom. The summed E-state index contributed by atoms with van der Waals surface area (Å²) in [7, 11) is 0. The van der Waals surface area contributed by atoms with Crippen LogP contribution in [0.1, 0.15) is 34.3 Å². The van der Waals surface area contributed by atoms with E-state index in [-0.39, 0.29) is 41.5 Å².